The Labute approximate surface area is 106 Å². The van der Waals surface area contributed by atoms with E-state index in [9.17, 15) is 10.1 Å². The first kappa shape index (κ1) is 14.2. The molecule has 0 fully saturated rings. The number of benzene rings is 1. The Bertz CT molecular complexity index is 407. The summed E-state index contributed by atoms with van der Waals surface area (Å²) in [7, 11) is 0. The van der Waals surface area contributed by atoms with Gasteiger partial charge in [-0.25, -0.2) is 0 Å². The van der Waals surface area contributed by atoms with Crippen LogP contribution in [0.5, 0.6) is 5.75 Å². The van der Waals surface area contributed by atoms with Crippen molar-refractivity contribution in [2.75, 3.05) is 18.5 Å². The molecule has 0 amide bonds. The molecule has 2 N–H and O–H groups in total. The quantitative estimate of drug-likeness (QED) is 0.442. The van der Waals surface area contributed by atoms with Gasteiger partial charge in [-0.15, -0.1) is 0 Å². The molecule has 1 rings (SSSR count). The normalized spacial score (nSPS) is 10.4. The van der Waals surface area contributed by atoms with Crippen molar-refractivity contribution in [2.24, 2.45) is 0 Å². The lowest BCUT2D eigenvalue weighted by Crippen LogP contribution is -2.09. The van der Waals surface area contributed by atoms with Gasteiger partial charge in [-0.1, -0.05) is 0 Å². The Hall–Kier alpha value is -1.82. The molecule has 0 aromatic heterocycles. The summed E-state index contributed by atoms with van der Waals surface area (Å²) in [5, 5.41) is 22.6. The van der Waals surface area contributed by atoms with E-state index in [1.54, 1.807) is 12.1 Å². The number of rotatable bonds is 7. The van der Waals surface area contributed by atoms with E-state index in [0.29, 0.717) is 13.0 Å². The second-order valence-corrected chi connectivity index (χ2v) is 4.11. The number of anilines is 1. The van der Waals surface area contributed by atoms with E-state index < -0.39 is 4.92 Å². The maximum Gasteiger partial charge on any atom is 0.311 e. The molecule has 18 heavy (non-hydrogen) atoms. The van der Waals surface area contributed by atoms with Gasteiger partial charge in [-0.05, 0) is 26.3 Å². The minimum absolute atomic E-state index is 0.0450. The number of hydrogen-bond acceptors (Lipinski definition) is 5. The number of nitrogens with zero attached hydrogens (tertiary/aromatic N) is 1. The zero-order valence-corrected chi connectivity index (χ0v) is 10.5. The highest BCUT2D eigenvalue weighted by Crippen LogP contribution is 2.30. The highest BCUT2D eigenvalue weighted by Gasteiger charge is 2.16. The molecule has 1 aromatic carbocycles. The van der Waals surface area contributed by atoms with E-state index in [1.165, 1.54) is 6.07 Å². The predicted octanol–water partition coefficient (Wildman–Crippen LogP) is 2.18. The maximum atomic E-state index is 10.8. The Balaban J connectivity index is 2.87. The molecule has 0 saturated heterocycles. The molecule has 0 bridgehead atoms. The largest absolute Gasteiger partial charge is 0.484 e. The van der Waals surface area contributed by atoms with Crippen molar-refractivity contribution in [1.29, 1.82) is 0 Å². The molecule has 0 spiro atoms. The van der Waals surface area contributed by atoms with Crippen molar-refractivity contribution in [3.05, 3.63) is 28.3 Å². The van der Waals surface area contributed by atoms with E-state index in [2.05, 4.69) is 5.32 Å². The van der Waals surface area contributed by atoms with Crippen molar-refractivity contribution >= 4 is 11.4 Å². The predicted molar refractivity (Wildman–Crippen MR) is 69.1 cm³/mol. The Kier molecular flexibility index (Phi) is 5.38. The van der Waals surface area contributed by atoms with Gasteiger partial charge < -0.3 is 15.2 Å². The Morgan fingerprint density at radius 3 is 2.78 bits per heavy atom. The van der Waals surface area contributed by atoms with E-state index in [0.717, 1.165) is 5.69 Å². The molecule has 0 aliphatic heterocycles. The molecule has 1 aromatic rings. The fraction of sp³-hybridized carbons (Fsp3) is 0.500. The number of ether oxygens (including phenoxy) is 1. The minimum atomic E-state index is -0.463. The molecule has 6 heteroatoms. The monoisotopic (exact) mass is 254 g/mol. The van der Waals surface area contributed by atoms with E-state index in [-0.39, 0.29) is 24.1 Å². The van der Waals surface area contributed by atoms with Crippen LogP contribution in [0.3, 0.4) is 0 Å². The molecule has 0 saturated carbocycles. The lowest BCUT2D eigenvalue weighted by molar-refractivity contribution is -0.386. The number of hydrogen-bond donors (Lipinski definition) is 2. The number of nitro benzene ring substituents is 1. The maximum absolute atomic E-state index is 10.8. The third kappa shape index (κ3) is 4.21. The molecule has 0 unspecified atom stereocenters. The number of aliphatic hydroxyl groups excluding tert-OH is 1. The lowest BCUT2D eigenvalue weighted by atomic mass is 10.2. The van der Waals surface area contributed by atoms with Crippen LogP contribution in [0.4, 0.5) is 11.4 Å². The van der Waals surface area contributed by atoms with E-state index in [1.807, 2.05) is 13.8 Å². The average molecular weight is 254 g/mol. The minimum Gasteiger partial charge on any atom is -0.484 e. The molecular formula is C12H18N2O4. The van der Waals surface area contributed by atoms with Crippen LogP contribution in [0, 0.1) is 10.1 Å². The highest BCUT2D eigenvalue weighted by molar-refractivity contribution is 5.58. The zero-order valence-electron chi connectivity index (χ0n) is 10.5. The summed E-state index contributed by atoms with van der Waals surface area (Å²) in [5.41, 5.74) is 0.695. The fourth-order valence-electron chi connectivity index (χ4n) is 1.44. The van der Waals surface area contributed by atoms with Crippen molar-refractivity contribution in [3.63, 3.8) is 0 Å². The third-order valence-corrected chi connectivity index (χ3v) is 2.18. The summed E-state index contributed by atoms with van der Waals surface area (Å²) >= 11 is 0. The second-order valence-electron chi connectivity index (χ2n) is 4.11. The molecule has 100 valence electrons. The van der Waals surface area contributed by atoms with Crippen LogP contribution in [0.15, 0.2) is 18.2 Å². The van der Waals surface area contributed by atoms with Gasteiger partial charge in [0.2, 0.25) is 0 Å². The van der Waals surface area contributed by atoms with E-state index >= 15 is 0 Å². The van der Waals surface area contributed by atoms with Crippen LogP contribution < -0.4 is 10.1 Å². The molecule has 0 atom stereocenters. The van der Waals surface area contributed by atoms with Crippen LogP contribution in [-0.2, 0) is 0 Å². The first-order valence-electron chi connectivity index (χ1n) is 5.84. The third-order valence-electron chi connectivity index (χ3n) is 2.18. The van der Waals surface area contributed by atoms with Crippen molar-refractivity contribution in [3.8, 4) is 5.75 Å². The standard InChI is InChI=1S/C12H18N2O4/c1-9(2)18-12-8-10(13-6-3-7-15)4-5-11(12)14(16)17/h4-5,8-9,13,15H,3,6-7H2,1-2H3. The smallest absolute Gasteiger partial charge is 0.311 e. The van der Waals surface area contributed by atoms with Crippen LogP contribution in [0.25, 0.3) is 0 Å². The summed E-state index contributed by atoms with van der Waals surface area (Å²) < 4.78 is 5.42. The van der Waals surface area contributed by atoms with Gasteiger partial charge in [0.05, 0.1) is 11.0 Å². The summed E-state index contributed by atoms with van der Waals surface area (Å²) in [5.74, 6) is 0.254. The first-order chi connectivity index (χ1) is 8.54. The van der Waals surface area contributed by atoms with Gasteiger partial charge in [0.1, 0.15) is 0 Å². The summed E-state index contributed by atoms with van der Waals surface area (Å²) in [6.07, 6.45) is 0.494. The van der Waals surface area contributed by atoms with Crippen LogP contribution in [-0.4, -0.2) is 29.3 Å². The zero-order chi connectivity index (χ0) is 13.5. The summed E-state index contributed by atoms with van der Waals surface area (Å²) in [4.78, 5) is 10.4. The van der Waals surface area contributed by atoms with E-state index in [4.69, 9.17) is 9.84 Å². The Morgan fingerprint density at radius 1 is 1.50 bits per heavy atom. The number of aliphatic hydroxyl groups is 1. The molecule has 0 aliphatic carbocycles. The first-order valence-corrected chi connectivity index (χ1v) is 5.84. The van der Waals surface area contributed by atoms with Gasteiger partial charge >= 0.3 is 5.69 Å². The summed E-state index contributed by atoms with van der Waals surface area (Å²) in [6.45, 7) is 4.34. The van der Waals surface area contributed by atoms with Gasteiger partial charge in [-0.3, -0.25) is 10.1 Å². The van der Waals surface area contributed by atoms with Crippen LogP contribution >= 0.6 is 0 Å². The SMILES string of the molecule is CC(C)Oc1cc(NCCCO)ccc1[N+](=O)[O-]. The van der Waals surface area contributed by atoms with Crippen molar-refractivity contribution in [2.45, 2.75) is 26.4 Å². The lowest BCUT2D eigenvalue weighted by Gasteiger charge is -2.12. The topological polar surface area (TPSA) is 84.6 Å². The fourth-order valence-corrected chi connectivity index (χ4v) is 1.44. The average Bonchev–Trinajstić information content (AvgIpc) is 2.28. The van der Waals surface area contributed by atoms with Gasteiger partial charge in [0.25, 0.3) is 0 Å². The van der Waals surface area contributed by atoms with Gasteiger partial charge in [0.15, 0.2) is 5.75 Å². The van der Waals surface area contributed by atoms with Gasteiger partial charge in [0, 0.05) is 31.0 Å². The summed E-state index contributed by atoms with van der Waals surface area (Å²) in [6, 6.07) is 4.65. The van der Waals surface area contributed by atoms with Crippen molar-refractivity contribution < 1.29 is 14.8 Å². The molecule has 0 aliphatic rings. The van der Waals surface area contributed by atoms with Crippen molar-refractivity contribution in [1.82, 2.24) is 0 Å². The second kappa shape index (κ2) is 6.80. The molecule has 0 heterocycles. The molecular weight excluding hydrogens is 236 g/mol. The molecule has 0 radical (unpaired) electrons. The van der Waals surface area contributed by atoms with Crippen LogP contribution in [0.1, 0.15) is 20.3 Å². The number of nitrogens with one attached hydrogen (secondary N) is 1. The number of nitro groups is 1. The molecule has 6 nitrogen and oxygen atoms in total. The van der Waals surface area contributed by atoms with Crippen LogP contribution in [0.2, 0.25) is 0 Å². The van der Waals surface area contributed by atoms with Gasteiger partial charge in [-0.2, -0.15) is 0 Å². The highest BCUT2D eigenvalue weighted by atomic mass is 16.6. The Morgan fingerprint density at radius 2 is 2.22 bits per heavy atom.